The van der Waals surface area contributed by atoms with E-state index in [4.69, 9.17) is 5.73 Å². The second kappa shape index (κ2) is 3.31. The number of aromatic nitrogens is 2. The van der Waals surface area contributed by atoms with Crippen LogP contribution in [-0.4, -0.2) is 21.9 Å². The number of anilines is 1. The maximum absolute atomic E-state index is 11.0. The predicted molar refractivity (Wildman–Crippen MR) is 49.3 cm³/mol. The van der Waals surface area contributed by atoms with Gasteiger partial charge in [-0.15, -0.1) is 5.10 Å². The van der Waals surface area contributed by atoms with Crippen LogP contribution in [0.25, 0.3) is 0 Å². The van der Waals surface area contributed by atoms with Crippen molar-refractivity contribution in [3.05, 3.63) is 11.8 Å². The van der Waals surface area contributed by atoms with Gasteiger partial charge in [0.25, 0.3) is 0 Å². The molecule has 13 heavy (non-hydrogen) atoms. The third-order valence-corrected chi connectivity index (χ3v) is 2.62. The summed E-state index contributed by atoms with van der Waals surface area (Å²) in [6, 6.07) is 1.76. The summed E-state index contributed by atoms with van der Waals surface area (Å²) >= 11 is 1.39. The third kappa shape index (κ3) is 1.63. The molecule has 1 aliphatic rings. The van der Waals surface area contributed by atoms with E-state index in [0.29, 0.717) is 18.0 Å². The van der Waals surface area contributed by atoms with Gasteiger partial charge in [0.15, 0.2) is 0 Å². The first-order valence-electron chi connectivity index (χ1n) is 3.79. The van der Waals surface area contributed by atoms with Gasteiger partial charge >= 0.3 is 0 Å². The minimum absolute atomic E-state index is 0.00604. The second-order valence-corrected chi connectivity index (χ2v) is 3.56. The number of nitrogens with zero attached hydrogens (tertiary/aromatic N) is 2. The quantitative estimate of drug-likeness (QED) is 0.659. The van der Waals surface area contributed by atoms with Gasteiger partial charge in [-0.2, -0.15) is 5.10 Å². The summed E-state index contributed by atoms with van der Waals surface area (Å²) in [4.78, 5) is 11.0. The smallest absolute Gasteiger partial charge is 0.234 e. The molecule has 0 saturated carbocycles. The van der Waals surface area contributed by atoms with Crippen LogP contribution in [0.2, 0.25) is 0 Å². The van der Waals surface area contributed by atoms with Gasteiger partial charge < -0.3 is 11.1 Å². The third-order valence-electron chi connectivity index (χ3n) is 1.63. The molecule has 0 radical (unpaired) electrons. The second-order valence-electron chi connectivity index (χ2n) is 2.60. The molecule has 6 heteroatoms. The molecule has 0 saturated heterocycles. The number of carbonyl (C=O) groups excluding carboxylic acids is 1. The van der Waals surface area contributed by atoms with Gasteiger partial charge in [0.2, 0.25) is 5.91 Å². The highest BCUT2D eigenvalue weighted by Crippen LogP contribution is 2.28. The Morgan fingerprint density at radius 1 is 1.62 bits per heavy atom. The fourth-order valence-electron chi connectivity index (χ4n) is 1.04. The SMILES string of the molecule is NCc1cc2c(nn1)SCC(=O)N2. The van der Waals surface area contributed by atoms with Crippen LogP contribution in [0.1, 0.15) is 5.69 Å². The molecule has 1 aromatic rings. The topological polar surface area (TPSA) is 80.9 Å². The molecule has 2 heterocycles. The van der Waals surface area contributed by atoms with E-state index in [1.165, 1.54) is 11.8 Å². The lowest BCUT2D eigenvalue weighted by Crippen LogP contribution is -2.20. The van der Waals surface area contributed by atoms with Gasteiger partial charge in [0.1, 0.15) is 5.03 Å². The summed E-state index contributed by atoms with van der Waals surface area (Å²) in [6.45, 7) is 0.334. The molecule has 3 N–H and O–H groups in total. The zero-order valence-electron chi connectivity index (χ0n) is 6.78. The van der Waals surface area contributed by atoms with Crippen molar-refractivity contribution in [2.24, 2.45) is 5.73 Å². The largest absolute Gasteiger partial charge is 0.325 e. The monoisotopic (exact) mass is 196 g/mol. The number of nitrogens with two attached hydrogens (primary N) is 1. The van der Waals surface area contributed by atoms with Crippen molar-refractivity contribution in [3.8, 4) is 0 Å². The van der Waals surface area contributed by atoms with Crippen LogP contribution >= 0.6 is 11.8 Å². The van der Waals surface area contributed by atoms with Crippen LogP contribution in [0.5, 0.6) is 0 Å². The van der Waals surface area contributed by atoms with E-state index in [0.717, 1.165) is 10.7 Å². The Labute approximate surface area is 79.1 Å². The van der Waals surface area contributed by atoms with Gasteiger partial charge in [-0.3, -0.25) is 4.79 Å². The average molecular weight is 196 g/mol. The van der Waals surface area contributed by atoms with Crippen LogP contribution in [0.4, 0.5) is 5.69 Å². The number of amides is 1. The predicted octanol–water partition coefficient (Wildman–Crippen LogP) is -0.0205. The highest BCUT2D eigenvalue weighted by atomic mass is 32.2. The van der Waals surface area contributed by atoms with Crippen LogP contribution in [0.3, 0.4) is 0 Å². The first-order valence-corrected chi connectivity index (χ1v) is 4.77. The minimum Gasteiger partial charge on any atom is -0.325 e. The molecule has 2 rings (SSSR count). The lowest BCUT2D eigenvalue weighted by atomic mass is 10.3. The van der Waals surface area contributed by atoms with Crippen LogP contribution in [0, 0.1) is 0 Å². The van der Waals surface area contributed by atoms with E-state index in [1.807, 2.05) is 0 Å². The Bertz CT molecular complexity index is 354. The first kappa shape index (κ1) is 8.46. The minimum atomic E-state index is -0.00604. The number of thioether (sulfide) groups is 1. The summed E-state index contributed by atoms with van der Waals surface area (Å²) < 4.78 is 0. The average Bonchev–Trinajstić information content (AvgIpc) is 2.16. The highest BCUT2D eigenvalue weighted by Gasteiger charge is 2.17. The zero-order valence-corrected chi connectivity index (χ0v) is 7.60. The van der Waals surface area contributed by atoms with Gasteiger partial charge in [-0.1, -0.05) is 11.8 Å². The van der Waals surface area contributed by atoms with E-state index >= 15 is 0 Å². The van der Waals surface area contributed by atoms with E-state index < -0.39 is 0 Å². The molecule has 0 bridgehead atoms. The molecule has 68 valence electrons. The van der Waals surface area contributed by atoms with E-state index in [2.05, 4.69) is 15.5 Å². The molecule has 0 spiro atoms. The summed E-state index contributed by atoms with van der Waals surface area (Å²) in [6.07, 6.45) is 0. The van der Waals surface area contributed by atoms with Crippen LogP contribution < -0.4 is 11.1 Å². The maximum atomic E-state index is 11.0. The summed E-state index contributed by atoms with van der Waals surface area (Å²) in [5.41, 5.74) is 6.80. The molecule has 1 aliphatic heterocycles. The number of fused-ring (bicyclic) bond motifs is 1. The van der Waals surface area contributed by atoms with Crippen molar-refractivity contribution in [3.63, 3.8) is 0 Å². The van der Waals surface area contributed by atoms with E-state index in [-0.39, 0.29) is 5.91 Å². The van der Waals surface area contributed by atoms with Crippen molar-refractivity contribution in [2.75, 3.05) is 11.1 Å². The van der Waals surface area contributed by atoms with Gasteiger partial charge in [0.05, 0.1) is 17.1 Å². The Kier molecular flexibility index (Phi) is 2.15. The number of rotatable bonds is 1. The fourth-order valence-corrected chi connectivity index (χ4v) is 1.74. The molecule has 0 aliphatic carbocycles. The molecule has 0 fully saturated rings. The van der Waals surface area contributed by atoms with Gasteiger partial charge in [0, 0.05) is 6.54 Å². The van der Waals surface area contributed by atoms with E-state index in [9.17, 15) is 4.79 Å². The molecule has 1 amide bonds. The molecule has 0 atom stereocenters. The fraction of sp³-hybridized carbons (Fsp3) is 0.286. The summed E-state index contributed by atoms with van der Waals surface area (Å²) in [7, 11) is 0. The molecule has 1 aromatic heterocycles. The Morgan fingerprint density at radius 2 is 2.46 bits per heavy atom. The molecular weight excluding hydrogens is 188 g/mol. The van der Waals surface area contributed by atoms with Crippen molar-refractivity contribution in [2.45, 2.75) is 11.6 Å². The van der Waals surface area contributed by atoms with Crippen molar-refractivity contribution in [1.29, 1.82) is 0 Å². The molecular formula is C7H8N4OS. The van der Waals surface area contributed by atoms with Gasteiger partial charge in [-0.25, -0.2) is 0 Å². The zero-order chi connectivity index (χ0) is 9.26. The number of hydrogen-bond donors (Lipinski definition) is 2. The Balaban J connectivity index is 2.38. The number of hydrogen-bond acceptors (Lipinski definition) is 5. The van der Waals surface area contributed by atoms with Crippen LogP contribution in [-0.2, 0) is 11.3 Å². The lowest BCUT2D eigenvalue weighted by molar-refractivity contribution is -0.113. The number of nitrogens with one attached hydrogen (secondary N) is 1. The normalized spacial score (nSPS) is 15.0. The van der Waals surface area contributed by atoms with Gasteiger partial charge in [-0.05, 0) is 6.07 Å². The lowest BCUT2D eigenvalue weighted by Gasteiger charge is -2.14. The number of carbonyl (C=O) groups is 1. The summed E-state index contributed by atoms with van der Waals surface area (Å²) in [5.74, 6) is 0.400. The maximum Gasteiger partial charge on any atom is 0.234 e. The van der Waals surface area contributed by atoms with E-state index in [1.54, 1.807) is 6.07 Å². The highest BCUT2D eigenvalue weighted by molar-refractivity contribution is 8.00. The standard InChI is InChI=1S/C7H8N4OS/c8-2-4-1-5-7(11-10-4)13-3-6(12)9-5/h1H,2-3,8H2,(H,9,12). The summed E-state index contributed by atoms with van der Waals surface area (Å²) in [5, 5.41) is 11.3. The van der Waals surface area contributed by atoms with Crippen molar-refractivity contribution < 1.29 is 4.79 Å². The molecule has 0 aromatic carbocycles. The molecule has 0 unspecified atom stereocenters. The Morgan fingerprint density at radius 3 is 3.23 bits per heavy atom. The first-order chi connectivity index (χ1) is 6.29. The van der Waals surface area contributed by atoms with Crippen molar-refractivity contribution >= 4 is 23.4 Å². The van der Waals surface area contributed by atoms with Crippen LogP contribution in [0.15, 0.2) is 11.1 Å². The Hall–Kier alpha value is -1.14. The van der Waals surface area contributed by atoms with Crippen molar-refractivity contribution in [1.82, 2.24) is 10.2 Å². The molecule has 5 nitrogen and oxygen atoms in total.